The molecule has 0 saturated heterocycles. The minimum Gasteiger partial charge on any atom is -0.323 e. The lowest BCUT2D eigenvalue weighted by molar-refractivity contribution is -0.126. The van der Waals surface area contributed by atoms with Crippen molar-refractivity contribution in [2.24, 2.45) is 5.41 Å². The van der Waals surface area contributed by atoms with Crippen LogP contribution in [-0.2, 0) is 4.79 Å². The number of rotatable bonds is 0. The van der Waals surface area contributed by atoms with Gasteiger partial charge in [-0.05, 0) is 25.0 Å². The van der Waals surface area contributed by atoms with Crippen molar-refractivity contribution in [1.82, 2.24) is 0 Å². The van der Waals surface area contributed by atoms with E-state index in [1.165, 1.54) is 6.42 Å². The summed E-state index contributed by atoms with van der Waals surface area (Å²) >= 11 is 7.94. The molecule has 0 bridgehead atoms. The third-order valence-corrected chi connectivity index (χ3v) is 5.67. The highest BCUT2D eigenvalue weighted by atomic mass is 35.5. The lowest BCUT2D eigenvalue weighted by Crippen LogP contribution is -2.39. The SMILES string of the molecule is O=C1Nc2c(Cl)cccc2SCC12CCCCC2. The summed E-state index contributed by atoms with van der Waals surface area (Å²) in [6.07, 6.45) is 5.61. The molecule has 1 fully saturated rings. The second kappa shape index (κ2) is 4.78. The second-order valence-electron chi connectivity index (χ2n) is 5.20. The number of halogens is 1. The number of fused-ring (bicyclic) bond motifs is 1. The van der Waals surface area contributed by atoms with Crippen molar-refractivity contribution in [1.29, 1.82) is 0 Å². The van der Waals surface area contributed by atoms with Gasteiger partial charge in [0, 0.05) is 10.6 Å². The van der Waals surface area contributed by atoms with Gasteiger partial charge in [-0.2, -0.15) is 0 Å². The molecule has 1 aliphatic carbocycles. The molecule has 1 amide bonds. The van der Waals surface area contributed by atoms with Crippen LogP contribution in [0.1, 0.15) is 32.1 Å². The van der Waals surface area contributed by atoms with Gasteiger partial charge in [0.15, 0.2) is 0 Å². The van der Waals surface area contributed by atoms with Gasteiger partial charge in [0.05, 0.1) is 16.1 Å². The van der Waals surface area contributed by atoms with E-state index >= 15 is 0 Å². The molecule has 3 rings (SSSR count). The summed E-state index contributed by atoms with van der Waals surface area (Å²) in [4.78, 5) is 13.6. The van der Waals surface area contributed by atoms with Gasteiger partial charge in [0.25, 0.3) is 0 Å². The standard InChI is InChI=1S/C14H16ClNOS/c15-10-5-4-6-11-12(10)16-13(17)14(9-18-11)7-2-1-3-8-14/h4-6H,1-3,7-9H2,(H,16,17). The smallest absolute Gasteiger partial charge is 0.231 e. The first-order valence-electron chi connectivity index (χ1n) is 6.44. The summed E-state index contributed by atoms with van der Waals surface area (Å²) in [6, 6.07) is 5.81. The summed E-state index contributed by atoms with van der Waals surface area (Å²) in [6.45, 7) is 0. The predicted molar refractivity (Wildman–Crippen MR) is 76.3 cm³/mol. The number of para-hydroxylation sites is 1. The first kappa shape index (κ1) is 12.4. The average Bonchev–Trinajstić information content (AvgIpc) is 2.52. The maximum absolute atomic E-state index is 12.5. The topological polar surface area (TPSA) is 29.1 Å². The van der Waals surface area contributed by atoms with Crippen LogP contribution in [0, 0.1) is 5.41 Å². The van der Waals surface area contributed by atoms with Crippen LogP contribution in [0.5, 0.6) is 0 Å². The normalized spacial score (nSPS) is 22.2. The van der Waals surface area contributed by atoms with Gasteiger partial charge < -0.3 is 5.32 Å². The Morgan fingerprint density at radius 2 is 2.00 bits per heavy atom. The van der Waals surface area contributed by atoms with E-state index < -0.39 is 0 Å². The molecule has 1 saturated carbocycles. The molecule has 1 aromatic carbocycles. The zero-order chi connectivity index (χ0) is 12.6. The van der Waals surface area contributed by atoms with E-state index in [9.17, 15) is 4.79 Å². The summed E-state index contributed by atoms with van der Waals surface area (Å²) in [5.41, 5.74) is 0.627. The lowest BCUT2D eigenvalue weighted by Gasteiger charge is -2.33. The highest BCUT2D eigenvalue weighted by Crippen LogP contribution is 2.46. The molecule has 96 valence electrons. The van der Waals surface area contributed by atoms with E-state index in [1.807, 2.05) is 18.2 Å². The van der Waals surface area contributed by atoms with E-state index in [4.69, 9.17) is 11.6 Å². The van der Waals surface area contributed by atoms with Crippen LogP contribution in [0.15, 0.2) is 23.1 Å². The van der Waals surface area contributed by atoms with Crippen LogP contribution < -0.4 is 5.32 Å². The van der Waals surface area contributed by atoms with E-state index in [2.05, 4.69) is 5.32 Å². The molecule has 4 heteroatoms. The molecule has 1 aliphatic heterocycles. The molecule has 0 unspecified atom stereocenters. The summed E-state index contributed by atoms with van der Waals surface area (Å²) in [7, 11) is 0. The number of nitrogens with one attached hydrogen (secondary N) is 1. The van der Waals surface area contributed by atoms with Gasteiger partial charge in [0.1, 0.15) is 0 Å². The molecule has 18 heavy (non-hydrogen) atoms. The minimum absolute atomic E-state index is 0.168. The molecule has 1 heterocycles. The van der Waals surface area contributed by atoms with Crippen molar-refractivity contribution in [2.75, 3.05) is 11.1 Å². The zero-order valence-electron chi connectivity index (χ0n) is 10.2. The number of carbonyl (C=O) groups excluding carboxylic acids is 1. The number of hydrogen-bond acceptors (Lipinski definition) is 2. The van der Waals surface area contributed by atoms with Gasteiger partial charge >= 0.3 is 0 Å². The maximum Gasteiger partial charge on any atom is 0.231 e. The predicted octanol–water partition coefficient (Wildman–Crippen LogP) is 4.33. The number of benzene rings is 1. The van der Waals surface area contributed by atoms with Gasteiger partial charge in [-0.15, -0.1) is 11.8 Å². The number of carbonyl (C=O) groups is 1. The molecular weight excluding hydrogens is 266 g/mol. The number of hydrogen-bond donors (Lipinski definition) is 1. The van der Waals surface area contributed by atoms with Crippen molar-refractivity contribution in [2.45, 2.75) is 37.0 Å². The zero-order valence-corrected chi connectivity index (χ0v) is 11.7. The molecule has 0 atom stereocenters. The maximum atomic E-state index is 12.5. The van der Waals surface area contributed by atoms with Crippen LogP contribution in [0.2, 0.25) is 5.02 Å². The fourth-order valence-corrected chi connectivity index (χ4v) is 4.48. The van der Waals surface area contributed by atoms with Crippen molar-refractivity contribution in [3.8, 4) is 0 Å². The third-order valence-electron chi connectivity index (χ3n) is 4.01. The first-order valence-corrected chi connectivity index (χ1v) is 7.80. The van der Waals surface area contributed by atoms with Crippen molar-refractivity contribution in [3.63, 3.8) is 0 Å². The summed E-state index contributed by atoms with van der Waals surface area (Å²) in [5.74, 6) is 1.05. The van der Waals surface area contributed by atoms with E-state index in [-0.39, 0.29) is 11.3 Å². The Kier molecular flexibility index (Phi) is 3.29. The Morgan fingerprint density at radius 3 is 2.78 bits per heavy atom. The van der Waals surface area contributed by atoms with Crippen LogP contribution in [0.4, 0.5) is 5.69 Å². The van der Waals surface area contributed by atoms with Crippen molar-refractivity contribution in [3.05, 3.63) is 23.2 Å². The third kappa shape index (κ3) is 2.04. The molecular formula is C14H16ClNOS. The number of thioether (sulfide) groups is 1. The van der Waals surface area contributed by atoms with Crippen molar-refractivity contribution < 1.29 is 4.79 Å². The molecule has 1 N–H and O–H groups in total. The van der Waals surface area contributed by atoms with Gasteiger partial charge in [0.2, 0.25) is 5.91 Å². The molecule has 2 aliphatic rings. The minimum atomic E-state index is -0.175. The Morgan fingerprint density at radius 1 is 1.22 bits per heavy atom. The van der Waals surface area contributed by atoms with Gasteiger partial charge in [-0.3, -0.25) is 4.79 Å². The molecule has 0 aromatic heterocycles. The van der Waals surface area contributed by atoms with Crippen molar-refractivity contribution >= 4 is 35.0 Å². The van der Waals surface area contributed by atoms with Crippen LogP contribution in [-0.4, -0.2) is 11.7 Å². The van der Waals surface area contributed by atoms with Crippen LogP contribution in [0.25, 0.3) is 0 Å². The van der Waals surface area contributed by atoms with Crippen LogP contribution >= 0.6 is 23.4 Å². The molecule has 0 radical (unpaired) electrons. The fourth-order valence-electron chi connectivity index (χ4n) is 2.87. The molecule has 2 nitrogen and oxygen atoms in total. The number of amides is 1. The summed E-state index contributed by atoms with van der Waals surface area (Å²) in [5, 5.41) is 3.70. The Labute approximate surface area is 116 Å². The monoisotopic (exact) mass is 281 g/mol. The summed E-state index contributed by atoms with van der Waals surface area (Å²) < 4.78 is 0. The van der Waals surface area contributed by atoms with E-state index in [0.717, 1.165) is 42.0 Å². The lowest BCUT2D eigenvalue weighted by atomic mass is 9.75. The van der Waals surface area contributed by atoms with E-state index in [0.29, 0.717) is 5.02 Å². The average molecular weight is 282 g/mol. The first-order chi connectivity index (χ1) is 8.71. The van der Waals surface area contributed by atoms with Crippen LogP contribution in [0.3, 0.4) is 0 Å². The fraction of sp³-hybridized carbons (Fsp3) is 0.500. The van der Waals surface area contributed by atoms with E-state index in [1.54, 1.807) is 11.8 Å². The molecule has 1 spiro atoms. The highest BCUT2D eigenvalue weighted by molar-refractivity contribution is 7.99. The Hall–Kier alpha value is -0.670. The van der Waals surface area contributed by atoms with Gasteiger partial charge in [-0.25, -0.2) is 0 Å². The second-order valence-corrected chi connectivity index (χ2v) is 6.62. The highest BCUT2D eigenvalue weighted by Gasteiger charge is 2.41. The molecule has 1 aromatic rings. The van der Waals surface area contributed by atoms with Gasteiger partial charge in [-0.1, -0.05) is 36.9 Å². The number of anilines is 1. The Bertz CT molecular complexity index is 483. The quantitative estimate of drug-likeness (QED) is 0.767. The Balaban J connectivity index is 1.95. The largest absolute Gasteiger partial charge is 0.323 e.